The van der Waals surface area contributed by atoms with E-state index in [4.69, 9.17) is 0 Å². The summed E-state index contributed by atoms with van der Waals surface area (Å²) in [6, 6.07) is 8.17. The van der Waals surface area contributed by atoms with Gasteiger partial charge in [0, 0.05) is 17.8 Å². The van der Waals surface area contributed by atoms with E-state index >= 15 is 0 Å². The summed E-state index contributed by atoms with van der Waals surface area (Å²) in [4.78, 5) is 0. The zero-order chi connectivity index (χ0) is 8.55. The van der Waals surface area contributed by atoms with Crippen LogP contribution in [0.4, 0.5) is 0 Å². The predicted octanol–water partition coefficient (Wildman–Crippen LogP) is 2.47. The van der Waals surface area contributed by atoms with Gasteiger partial charge in [0.1, 0.15) is 0 Å². The van der Waals surface area contributed by atoms with Gasteiger partial charge in [-0.05, 0) is 6.07 Å². The van der Waals surface area contributed by atoms with Crippen LogP contribution >= 0.6 is 15.9 Å². The topological polar surface area (TPSA) is 17.8 Å². The maximum absolute atomic E-state index is 4.37. The van der Waals surface area contributed by atoms with E-state index in [1.807, 2.05) is 29.9 Å². The highest BCUT2D eigenvalue weighted by Gasteiger charge is 2.04. The van der Waals surface area contributed by atoms with E-state index in [0.29, 0.717) is 0 Å². The Morgan fingerprint density at radius 3 is 2.92 bits per heavy atom. The quantitative estimate of drug-likeness (QED) is 0.681. The van der Waals surface area contributed by atoms with Crippen LogP contribution in [-0.2, 0) is 12.4 Å². The average Bonchev–Trinajstić information content (AvgIpc) is 2.40. The summed E-state index contributed by atoms with van der Waals surface area (Å²) in [5.41, 5.74) is 2.29. The fraction of sp³-hybridized carbons (Fsp3) is 0.222. The predicted molar refractivity (Wildman–Crippen MR) is 53.3 cm³/mol. The molecule has 0 N–H and O–H groups in total. The Kier molecular flexibility index (Phi) is 1.89. The number of rotatable bonds is 1. The number of alkyl halides is 1. The second-order valence-electron chi connectivity index (χ2n) is 2.72. The molecule has 0 fully saturated rings. The molecule has 1 aromatic carbocycles. The maximum Gasteiger partial charge on any atom is 0.0926 e. The van der Waals surface area contributed by atoms with Crippen LogP contribution in [-0.4, -0.2) is 9.78 Å². The molecule has 0 aliphatic carbocycles. The molecule has 0 radical (unpaired) electrons. The summed E-state index contributed by atoms with van der Waals surface area (Å²) in [6.45, 7) is 0. The second-order valence-corrected chi connectivity index (χ2v) is 3.28. The van der Waals surface area contributed by atoms with Crippen LogP contribution in [0.15, 0.2) is 24.3 Å². The van der Waals surface area contributed by atoms with E-state index in [0.717, 1.165) is 10.8 Å². The molecule has 2 nitrogen and oxygen atoms in total. The highest BCUT2D eigenvalue weighted by molar-refractivity contribution is 9.08. The number of benzene rings is 1. The number of aryl methyl sites for hydroxylation is 1. The van der Waals surface area contributed by atoms with Crippen molar-refractivity contribution >= 4 is 26.8 Å². The molecule has 0 spiro atoms. The van der Waals surface area contributed by atoms with Crippen molar-refractivity contribution in [2.24, 2.45) is 7.05 Å². The van der Waals surface area contributed by atoms with Crippen LogP contribution in [0.2, 0.25) is 0 Å². The lowest BCUT2D eigenvalue weighted by molar-refractivity contribution is 0.748. The van der Waals surface area contributed by atoms with Gasteiger partial charge >= 0.3 is 0 Å². The third kappa shape index (κ3) is 1.05. The van der Waals surface area contributed by atoms with Crippen LogP contribution in [0.5, 0.6) is 0 Å². The van der Waals surface area contributed by atoms with Gasteiger partial charge in [-0.15, -0.1) is 0 Å². The number of aromatic nitrogens is 2. The highest BCUT2D eigenvalue weighted by atomic mass is 79.9. The van der Waals surface area contributed by atoms with Gasteiger partial charge in [-0.3, -0.25) is 4.68 Å². The molecule has 0 unspecified atom stereocenters. The van der Waals surface area contributed by atoms with Gasteiger partial charge in [0.05, 0.1) is 11.2 Å². The molecule has 0 amide bonds. The lowest BCUT2D eigenvalue weighted by Crippen LogP contribution is -1.94. The van der Waals surface area contributed by atoms with Crippen molar-refractivity contribution in [2.45, 2.75) is 5.33 Å². The minimum atomic E-state index is 0.851. The van der Waals surface area contributed by atoms with Crippen LogP contribution < -0.4 is 0 Å². The second kappa shape index (κ2) is 2.90. The first-order valence-corrected chi connectivity index (χ1v) is 4.91. The molecule has 1 heterocycles. The van der Waals surface area contributed by atoms with E-state index in [2.05, 4.69) is 27.1 Å². The van der Waals surface area contributed by atoms with Crippen molar-refractivity contribution < 1.29 is 0 Å². The highest BCUT2D eigenvalue weighted by Crippen LogP contribution is 2.18. The third-order valence-electron chi connectivity index (χ3n) is 1.99. The molecular formula is C9H9BrN2. The zero-order valence-corrected chi connectivity index (χ0v) is 8.37. The van der Waals surface area contributed by atoms with Crippen molar-refractivity contribution in [3.8, 4) is 0 Å². The van der Waals surface area contributed by atoms with Gasteiger partial charge in [-0.25, -0.2) is 0 Å². The molecule has 12 heavy (non-hydrogen) atoms. The van der Waals surface area contributed by atoms with Crippen LogP contribution in [0, 0.1) is 0 Å². The molecule has 0 aliphatic rings. The summed E-state index contributed by atoms with van der Waals surface area (Å²) < 4.78 is 1.92. The maximum atomic E-state index is 4.37. The molecule has 0 atom stereocenters. The fourth-order valence-electron chi connectivity index (χ4n) is 1.36. The van der Waals surface area contributed by atoms with Crippen LogP contribution in [0.3, 0.4) is 0 Å². The summed E-state index contributed by atoms with van der Waals surface area (Å²) >= 11 is 3.45. The molecule has 0 aliphatic heterocycles. The smallest absolute Gasteiger partial charge is 0.0926 e. The van der Waals surface area contributed by atoms with Gasteiger partial charge in [0.2, 0.25) is 0 Å². The van der Waals surface area contributed by atoms with E-state index < -0.39 is 0 Å². The summed E-state index contributed by atoms with van der Waals surface area (Å²) in [5.74, 6) is 0. The monoisotopic (exact) mass is 224 g/mol. The van der Waals surface area contributed by atoms with Crippen molar-refractivity contribution in [1.82, 2.24) is 9.78 Å². The van der Waals surface area contributed by atoms with Gasteiger partial charge in [-0.1, -0.05) is 34.1 Å². The first-order chi connectivity index (χ1) is 5.83. The number of hydrogen-bond donors (Lipinski definition) is 0. The number of fused-ring (bicyclic) bond motifs is 1. The van der Waals surface area contributed by atoms with Gasteiger partial charge in [-0.2, -0.15) is 5.10 Å². The van der Waals surface area contributed by atoms with Crippen molar-refractivity contribution in [3.05, 3.63) is 30.0 Å². The minimum absolute atomic E-state index is 0.851. The Bertz CT molecular complexity index is 406. The van der Waals surface area contributed by atoms with Crippen molar-refractivity contribution in [2.75, 3.05) is 0 Å². The molecule has 62 valence electrons. The lowest BCUT2D eigenvalue weighted by Gasteiger charge is -1.94. The summed E-state index contributed by atoms with van der Waals surface area (Å²) in [7, 11) is 1.97. The first-order valence-electron chi connectivity index (χ1n) is 3.79. The Labute approximate surface area is 79.3 Å². The molecule has 0 saturated heterocycles. The Balaban J connectivity index is 2.81. The lowest BCUT2D eigenvalue weighted by atomic mass is 10.2. The number of hydrogen-bond acceptors (Lipinski definition) is 1. The summed E-state index contributed by atoms with van der Waals surface area (Å²) in [6.07, 6.45) is 0. The summed E-state index contributed by atoms with van der Waals surface area (Å²) in [5, 5.41) is 6.46. The first kappa shape index (κ1) is 7.80. The molecular weight excluding hydrogens is 216 g/mol. The SMILES string of the molecule is Cn1nc2ccccc2c1CBr. The largest absolute Gasteiger partial charge is 0.271 e. The number of nitrogens with zero attached hydrogens (tertiary/aromatic N) is 2. The van der Waals surface area contributed by atoms with Crippen LogP contribution in [0.1, 0.15) is 5.69 Å². The molecule has 0 saturated carbocycles. The third-order valence-corrected chi connectivity index (χ3v) is 2.52. The minimum Gasteiger partial charge on any atom is -0.271 e. The molecule has 0 bridgehead atoms. The van der Waals surface area contributed by atoms with Gasteiger partial charge in [0.15, 0.2) is 0 Å². The van der Waals surface area contributed by atoms with E-state index in [9.17, 15) is 0 Å². The van der Waals surface area contributed by atoms with Crippen molar-refractivity contribution in [3.63, 3.8) is 0 Å². The number of halogens is 1. The van der Waals surface area contributed by atoms with Gasteiger partial charge in [0.25, 0.3) is 0 Å². The molecule has 2 aromatic rings. The molecule has 2 rings (SSSR count). The van der Waals surface area contributed by atoms with Crippen LogP contribution in [0.25, 0.3) is 10.9 Å². The standard InChI is InChI=1S/C9H9BrN2/c1-12-9(6-10)7-4-2-3-5-8(7)11-12/h2-5H,6H2,1H3. The Morgan fingerprint density at radius 2 is 2.17 bits per heavy atom. The average molecular weight is 225 g/mol. The van der Waals surface area contributed by atoms with E-state index in [-0.39, 0.29) is 0 Å². The Morgan fingerprint density at radius 1 is 1.42 bits per heavy atom. The molecule has 1 aromatic heterocycles. The van der Waals surface area contributed by atoms with E-state index in [1.165, 1.54) is 11.1 Å². The van der Waals surface area contributed by atoms with Crippen molar-refractivity contribution in [1.29, 1.82) is 0 Å². The van der Waals surface area contributed by atoms with Gasteiger partial charge < -0.3 is 0 Å². The zero-order valence-electron chi connectivity index (χ0n) is 6.79. The molecule has 3 heteroatoms. The van der Waals surface area contributed by atoms with E-state index in [1.54, 1.807) is 0 Å². The normalized spacial score (nSPS) is 10.8. The fourth-order valence-corrected chi connectivity index (χ4v) is 2.02. The Hall–Kier alpha value is -0.830.